The van der Waals surface area contributed by atoms with Crippen molar-refractivity contribution in [2.45, 2.75) is 19.3 Å². The van der Waals surface area contributed by atoms with E-state index in [0.717, 1.165) is 17.7 Å². The van der Waals surface area contributed by atoms with Crippen LogP contribution in [0, 0.1) is 0 Å². The molecule has 0 unspecified atom stereocenters. The lowest BCUT2D eigenvalue weighted by atomic mass is 10.2. The van der Waals surface area contributed by atoms with E-state index in [1.165, 1.54) is 17.2 Å². The highest BCUT2D eigenvalue weighted by atomic mass is 19.4. The van der Waals surface area contributed by atoms with Gasteiger partial charge in [-0.25, -0.2) is 9.67 Å². The zero-order chi connectivity index (χ0) is 24.4. The molecule has 5 rings (SSSR count). The number of aryl methyl sites for hydroxylation is 1. The first-order valence-electron chi connectivity index (χ1n) is 10.0. The number of tetrazole rings is 1. The lowest BCUT2D eigenvalue weighted by molar-refractivity contribution is -0.137. The highest BCUT2D eigenvalue weighted by molar-refractivity contribution is 5.59. The number of pyridine rings is 2. The molecule has 5 aromatic rings. The van der Waals surface area contributed by atoms with Gasteiger partial charge >= 0.3 is 6.18 Å². The molecule has 0 bridgehead atoms. The summed E-state index contributed by atoms with van der Waals surface area (Å²) in [6.45, 7) is 0.400. The van der Waals surface area contributed by atoms with Gasteiger partial charge in [-0.2, -0.15) is 23.3 Å². The quantitative estimate of drug-likeness (QED) is 0.339. The molecular weight excluding hydrogens is 469 g/mol. The van der Waals surface area contributed by atoms with Crippen molar-refractivity contribution in [2.75, 3.05) is 0 Å². The summed E-state index contributed by atoms with van der Waals surface area (Å²) in [4.78, 5) is 12.4. The molecule has 0 aliphatic carbocycles. The monoisotopic (exact) mass is 484 g/mol. The van der Waals surface area contributed by atoms with Crippen LogP contribution in [0.1, 0.15) is 16.8 Å². The Balaban J connectivity index is 1.33. The molecule has 0 radical (unpaired) electrons. The van der Waals surface area contributed by atoms with Crippen LogP contribution < -0.4 is 4.74 Å². The van der Waals surface area contributed by atoms with E-state index in [-0.39, 0.29) is 24.2 Å². The SMILES string of the molecule is Cn1ncc(-c2nc(-c3cc(Cn4cnnn4)ccn3)no2)c1COc1ccc(C(F)(F)F)cn1. The van der Waals surface area contributed by atoms with E-state index in [0.29, 0.717) is 29.7 Å². The van der Waals surface area contributed by atoms with E-state index in [4.69, 9.17) is 9.26 Å². The molecule has 35 heavy (non-hydrogen) atoms. The third-order valence-corrected chi connectivity index (χ3v) is 4.93. The minimum absolute atomic E-state index is 0.0277. The summed E-state index contributed by atoms with van der Waals surface area (Å²) in [7, 11) is 1.68. The molecule has 178 valence electrons. The third kappa shape index (κ3) is 4.83. The van der Waals surface area contributed by atoms with E-state index in [9.17, 15) is 13.2 Å². The summed E-state index contributed by atoms with van der Waals surface area (Å²) in [5.41, 5.74) is 1.57. The van der Waals surface area contributed by atoms with E-state index in [1.54, 1.807) is 24.0 Å². The van der Waals surface area contributed by atoms with Gasteiger partial charge in [-0.15, -0.1) is 5.10 Å². The number of alkyl halides is 3. The summed E-state index contributed by atoms with van der Waals surface area (Å²) in [5.74, 6) is 0.471. The Labute approximate surface area is 194 Å². The van der Waals surface area contributed by atoms with Crippen molar-refractivity contribution in [1.82, 2.24) is 50.1 Å². The van der Waals surface area contributed by atoms with Gasteiger partial charge in [0.25, 0.3) is 5.89 Å². The van der Waals surface area contributed by atoms with Crippen LogP contribution in [0.3, 0.4) is 0 Å². The Bertz CT molecular complexity index is 1430. The van der Waals surface area contributed by atoms with Gasteiger partial charge < -0.3 is 9.26 Å². The zero-order valence-corrected chi connectivity index (χ0v) is 18.0. The van der Waals surface area contributed by atoms with E-state index < -0.39 is 11.7 Å². The molecule has 0 atom stereocenters. The summed E-state index contributed by atoms with van der Waals surface area (Å²) in [6.07, 6.45) is 0.880. The summed E-state index contributed by atoms with van der Waals surface area (Å²) in [5, 5.41) is 19.2. The summed E-state index contributed by atoms with van der Waals surface area (Å²) < 4.78 is 52.3. The maximum atomic E-state index is 12.7. The van der Waals surface area contributed by atoms with Gasteiger partial charge in [0.15, 0.2) is 0 Å². The van der Waals surface area contributed by atoms with Crippen molar-refractivity contribution in [3.8, 4) is 28.9 Å². The number of ether oxygens (including phenoxy) is 1. The van der Waals surface area contributed by atoms with Crippen molar-refractivity contribution in [3.05, 3.63) is 66.0 Å². The predicted octanol–water partition coefficient (Wildman–Crippen LogP) is 2.56. The van der Waals surface area contributed by atoms with Crippen molar-refractivity contribution < 1.29 is 22.4 Å². The molecule has 0 aliphatic rings. The molecule has 0 N–H and O–H groups in total. The second-order valence-corrected chi connectivity index (χ2v) is 7.28. The minimum atomic E-state index is -4.47. The van der Waals surface area contributed by atoms with Crippen LogP contribution in [0.15, 0.2) is 53.7 Å². The molecule has 0 saturated carbocycles. The number of rotatable bonds is 7. The van der Waals surface area contributed by atoms with Crippen LogP contribution >= 0.6 is 0 Å². The molecule has 5 aromatic heterocycles. The molecule has 15 heteroatoms. The highest BCUT2D eigenvalue weighted by Crippen LogP contribution is 2.30. The summed E-state index contributed by atoms with van der Waals surface area (Å²) in [6, 6.07) is 5.66. The number of halogens is 3. The van der Waals surface area contributed by atoms with Crippen LogP contribution in [0.2, 0.25) is 0 Å². The first-order chi connectivity index (χ1) is 16.9. The number of nitrogens with zero attached hydrogens (tertiary/aromatic N) is 10. The Morgan fingerprint density at radius 1 is 1.11 bits per heavy atom. The van der Waals surface area contributed by atoms with Crippen molar-refractivity contribution in [2.24, 2.45) is 7.05 Å². The van der Waals surface area contributed by atoms with Crippen LogP contribution in [-0.4, -0.2) is 50.1 Å². The number of hydrogen-bond donors (Lipinski definition) is 0. The van der Waals surface area contributed by atoms with Gasteiger partial charge in [0, 0.05) is 25.5 Å². The van der Waals surface area contributed by atoms with E-state index in [1.807, 2.05) is 6.07 Å². The van der Waals surface area contributed by atoms with Gasteiger partial charge in [0.1, 0.15) is 18.6 Å². The molecule has 12 nitrogen and oxygen atoms in total. The average molecular weight is 484 g/mol. The topological polar surface area (TPSA) is 135 Å². The molecule has 0 aliphatic heterocycles. The van der Waals surface area contributed by atoms with E-state index >= 15 is 0 Å². The molecule has 5 heterocycles. The Morgan fingerprint density at radius 3 is 2.74 bits per heavy atom. The standard InChI is InChI=1S/C20H15F3N10O2/c1-32-16(10-34-17-3-2-13(7-25-17)20(21,22)23)14(8-27-32)19-28-18(29-35-19)15-6-12(4-5-24-15)9-33-11-26-30-31-33/h2-8,11H,9-10H2,1H3. The predicted molar refractivity (Wildman–Crippen MR) is 110 cm³/mol. The number of hydrogen-bond acceptors (Lipinski definition) is 10. The Hall–Kier alpha value is -4.69. The van der Waals surface area contributed by atoms with Crippen molar-refractivity contribution >= 4 is 0 Å². The fraction of sp³-hybridized carbons (Fsp3) is 0.200. The fourth-order valence-electron chi connectivity index (χ4n) is 3.16. The van der Waals surface area contributed by atoms with Crippen LogP contribution in [0.4, 0.5) is 13.2 Å². The van der Waals surface area contributed by atoms with Gasteiger partial charge in [0.05, 0.1) is 29.6 Å². The fourth-order valence-corrected chi connectivity index (χ4v) is 3.16. The third-order valence-electron chi connectivity index (χ3n) is 4.93. The van der Waals surface area contributed by atoms with Crippen LogP contribution in [0.25, 0.3) is 23.0 Å². The van der Waals surface area contributed by atoms with Crippen molar-refractivity contribution in [1.29, 1.82) is 0 Å². The summed E-state index contributed by atoms with van der Waals surface area (Å²) >= 11 is 0. The number of aromatic nitrogens is 10. The van der Waals surface area contributed by atoms with Crippen molar-refractivity contribution in [3.63, 3.8) is 0 Å². The van der Waals surface area contributed by atoms with Gasteiger partial charge in [0.2, 0.25) is 11.7 Å². The second-order valence-electron chi connectivity index (χ2n) is 7.28. The Morgan fingerprint density at radius 2 is 2.00 bits per heavy atom. The average Bonchev–Trinajstić information content (AvgIpc) is 3.59. The molecule has 0 saturated heterocycles. The van der Waals surface area contributed by atoms with Crippen LogP contribution in [-0.2, 0) is 26.4 Å². The first-order valence-corrected chi connectivity index (χ1v) is 10.0. The van der Waals surface area contributed by atoms with Gasteiger partial charge in [-0.3, -0.25) is 9.67 Å². The van der Waals surface area contributed by atoms with Gasteiger partial charge in [-0.1, -0.05) is 5.16 Å². The largest absolute Gasteiger partial charge is 0.471 e. The molecule has 0 amide bonds. The smallest absolute Gasteiger partial charge is 0.417 e. The highest BCUT2D eigenvalue weighted by Gasteiger charge is 2.30. The molecule has 0 spiro atoms. The maximum Gasteiger partial charge on any atom is 0.417 e. The molecular formula is C20H15F3N10O2. The first kappa shape index (κ1) is 22.1. The maximum absolute atomic E-state index is 12.7. The molecule has 0 fully saturated rings. The van der Waals surface area contributed by atoms with Gasteiger partial charge in [-0.05, 0) is 34.2 Å². The second kappa shape index (κ2) is 8.92. The van der Waals surface area contributed by atoms with Crippen LogP contribution in [0.5, 0.6) is 5.88 Å². The molecule has 0 aromatic carbocycles. The normalized spacial score (nSPS) is 11.7. The zero-order valence-electron chi connectivity index (χ0n) is 18.0. The minimum Gasteiger partial charge on any atom is -0.471 e. The lowest BCUT2D eigenvalue weighted by Gasteiger charge is -2.09. The lowest BCUT2D eigenvalue weighted by Crippen LogP contribution is -2.07. The Kier molecular flexibility index (Phi) is 5.64. The van der Waals surface area contributed by atoms with E-state index in [2.05, 4.69) is 40.7 Å².